The lowest BCUT2D eigenvalue weighted by molar-refractivity contribution is 0.264. The van der Waals surface area contributed by atoms with Crippen molar-refractivity contribution in [1.29, 1.82) is 0 Å². The van der Waals surface area contributed by atoms with Crippen LogP contribution in [0.1, 0.15) is 12.8 Å². The minimum atomic E-state index is 0.757. The standard InChI is InChI=1S/C8H12OS/c10-9-5-8-4-6-1-2-7(8)3-6/h1-2,6-8,10H,3-5H2. The van der Waals surface area contributed by atoms with Gasteiger partial charge in [0.05, 0.1) is 6.61 Å². The topological polar surface area (TPSA) is 9.23 Å². The molecule has 0 aromatic heterocycles. The molecule has 0 amide bonds. The number of hydrogen-bond acceptors (Lipinski definition) is 2. The number of rotatable bonds is 2. The maximum absolute atomic E-state index is 4.84. The molecule has 0 spiro atoms. The second kappa shape index (κ2) is 2.59. The Bertz CT molecular complexity index is 155. The van der Waals surface area contributed by atoms with Crippen LogP contribution in [0.4, 0.5) is 0 Å². The molecule has 0 heterocycles. The maximum atomic E-state index is 4.84. The van der Waals surface area contributed by atoms with Crippen molar-refractivity contribution in [1.82, 2.24) is 0 Å². The van der Waals surface area contributed by atoms with E-state index in [1.807, 2.05) is 0 Å². The Labute approximate surface area is 67.1 Å². The van der Waals surface area contributed by atoms with Gasteiger partial charge in [-0.2, -0.15) is 0 Å². The van der Waals surface area contributed by atoms with Gasteiger partial charge in [-0.05, 0) is 43.5 Å². The molecular formula is C8H12OS. The van der Waals surface area contributed by atoms with Crippen LogP contribution in [0.2, 0.25) is 0 Å². The van der Waals surface area contributed by atoms with Gasteiger partial charge in [-0.15, -0.1) is 0 Å². The fraction of sp³-hybridized carbons (Fsp3) is 0.750. The highest BCUT2D eigenvalue weighted by atomic mass is 32.1. The Morgan fingerprint density at radius 1 is 1.40 bits per heavy atom. The third-order valence-corrected chi connectivity index (χ3v) is 2.85. The first kappa shape index (κ1) is 6.74. The van der Waals surface area contributed by atoms with Crippen LogP contribution in [0.25, 0.3) is 0 Å². The van der Waals surface area contributed by atoms with Crippen molar-refractivity contribution >= 4 is 12.9 Å². The summed E-state index contributed by atoms with van der Waals surface area (Å²) in [7, 11) is 0. The van der Waals surface area contributed by atoms with E-state index in [-0.39, 0.29) is 0 Å². The fourth-order valence-electron chi connectivity index (χ4n) is 2.18. The summed E-state index contributed by atoms with van der Waals surface area (Å²) >= 11 is 3.77. The molecule has 0 aliphatic heterocycles. The summed E-state index contributed by atoms with van der Waals surface area (Å²) in [4.78, 5) is 0. The normalized spacial score (nSPS) is 43.1. The van der Waals surface area contributed by atoms with Crippen LogP contribution in [-0.2, 0) is 4.18 Å². The average Bonchev–Trinajstić information content (AvgIpc) is 2.48. The Morgan fingerprint density at radius 2 is 2.30 bits per heavy atom. The van der Waals surface area contributed by atoms with Crippen LogP contribution in [0.3, 0.4) is 0 Å². The molecule has 10 heavy (non-hydrogen) atoms. The van der Waals surface area contributed by atoms with Gasteiger partial charge in [0.1, 0.15) is 0 Å². The SMILES string of the molecule is SOCC1CC2C=CC1C2. The molecule has 2 aliphatic carbocycles. The van der Waals surface area contributed by atoms with Gasteiger partial charge in [0, 0.05) is 0 Å². The molecule has 0 aromatic carbocycles. The first-order chi connectivity index (χ1) is 4.90. The van der Waals surface area contributed by atoms with E-state index in [4.69, 9.17) is 4.18 Å². The Balaban J connectivity index is 1.96. The molecule has 0 radical (unpaired) electrons. The van der Waals surface area contributed by atoms with E-state index >= 15 is 0 Å². The fourth-order valence-corrected chi connectivity index (χ4v) is 2.37. The molecular weight excluding hydrogens is 144 g/mol. The van der Waals surface area contributed by atoms with Crippen LogP contribution in [-0.4, -0.2) is 6.61 Å². The molecule has 2 aliphatic rings. The van der Waals surface area contributed by atoms with Gasteiger partial charge in [0.25, 0.3) is 0 Å². The highest BCUT2D eigenvalue weighted by molar-refractivity contribution is 7.75. The summed E-state index contributed by atoms with van der Waals surface area (Å²) in [6.45, 7) is 0.828. The molecule has 3 atom stereocenters. The Hall–Kier alpha value is 0.0500. The molecule has 1 fully saturated rings. The van der Waals surface area contributed by atoms with Crippen molar-refractivity contribution in [3.8, 4) is 0 Å². The third kappa shape index (κ3) is 0.995. The third-order valence-electron chi connectivity index (χ3n) is 2.70. The first-order valence-corrected chi connectivity index (χ1v) is 4.21. The zero-order chi connectivity index (χ0) is 6.97. The molecule has 56 valence electrons. The molecule has 1 saturated carbocycles. The van der Waals surface area contributed by atoms with E-state index < -0.39 is 0 Å². The minimum absolute atomic E-state index is 0.757. The molecule has 3 unspecified atom stereocenters. The zero-order valence-electron chi connectivity index (χ0n) is 5.86. The lowest BCUT2D eigenvalue weighted by atomic mass is 9.95. The van der Waals surface area contributed by atoms with E-state index in [9.17, 15) is 0 Å². The predicted octanol–water partition coefficient (Wildman–Crippen LogP) is 2.06. The lowest BCUT2D eigenvalue weighted by Crippen LogP contribution is -2.11. The summed E-state index contributed by atoms with van der Waals surface area (Å²) in [5, 5.41) is 0. The Morgan fingerprint density at radius 3 is 2.80 bits per heavy atom. The van der Waals surface area contributed by atoms with Crippen molar-refractivity contribution in [2.24, 2.45) is 17.8 Å². The highest BCUT2D eigenvalue weighted by Crippen LogP contribution is 2.43. The highest BCUT2D eigenvalue weighted by Gasteiger charge is 2.35. The van der Waals surface area contributed by atoms with E-state index in [1.165, 1.54) is 12.8 Å². The van der Waals surface area contributed by atoms with Crippen LogP contribution < -0.4 is 0 Å². The number of allylic oxidation sites excluding steroid dienone is 2. The maximum Gasteiger partial charge on any atom is 0.0644 e. The van der Waals surface area contributed by atoms with Gasteiger partial charge < -0.3 is 4.18 Å². The molecule has 0 saturated heterocycles. The van der Waals surface area contributed by atoms with Crippen LogP contribution in [0, 0.1) is 17.8 Å². The van der Waals surface area contributed by atoms with Crippen LogP contribution in [0.15, 0.2) is 12.2 Å². The summed E-state index contributed by atoms with van der Waals surface area (Å²) in [6, 6.07) is 0. The van der Waals surface area contributed by atoms with Gasteiger partial charge in [-0.3, -0.25) is 0 Å². The van der Waals surface area contributed by atoms with Crippen molar-refractivity contribution < 1.29 is 4.18 Å². The monoisotopic (exact) mass is 156 g/mol. The van der Waals surface area contributed by atoms with Gasteiger partial charge in [0.15, 0.2) is 0 Å². The van der Waals surface area contributed by atoms with E-state index in [1.54, 1.807) is 0 Å². The van der Waals surface area contributed by atoms with E-state index in [0.29, 0.717) is 0 Å². The second-order valence-electron chi connectivity index (χ2n) is 3.34. The summed E-state index contributed by atoms with van der Waals surface area (Å²) in [5.74, 6) is 2.42. The van der Waals surface area contributed by atoms with Gasteiger partial charge in [-0.1, -0.05) is 12.2 Å². The zero-order valence-corrected chi connectivity index (χ0v) is 6.76. The van der Waals surface area contributed by atoms with Crippen molar-refractivity contribution in [3.63, 3.8) is 0 Å². The molecule has 2 bridgehead atoms. The van der Waals surface area contributed by atoms with Crippen LogP contribution >= 0.6 is 12.9 Å². The molecule has 0 aromatic rings. The first-order valence-electron chi connectivity index (χ1n) is 3.85. The summed E-state index contributed by atoms with van der Waals surface area (Å²) in [6.07, 6.45) is 7.37. The molecule has 2 heteroatoms. The Kier molecular flexibility index (Phi) is 1.75. The molecule has 1 nitrogen and oxygen atoms in total. The van der Waals surface area contributed by atoms with Gasteiger partial charge in [-0.25, -0.2) is 0 Å². The van der Waals surface area contributed by atoms with Crippen molar-refractivity contribution in [3.05, 3.63) is 12.2 Å². The summed E-state index contributed by atoms with van der Waals surface area (Å²) in [5.41, 5.74) is 0. The molecule has 2 rings (SSSR count). The smallest absolute Gasteiger partial charge is 0.0644 e. The van der Waals surface area contributed by atoms with Gasteiger partial charge in [0.2, 0.25) is 0 Å². The lowest BCUT2D eigenvalue weighted by Gasteiger charge is -2.15. The van der Waals surface area contributed by atoms with E-state index in [0.717, 1.165) is 24.4 Å². The minimum Gasteiger partial charge on any atom is -0.318 e. The van der Waals surface area contributed by atoms with Crippen molar-refractivity contribution in [2.45, 2.75) is 12.8 Å². The quantitative estimate of drug-likeness (QED) is 0.366. The average molecular weight is 156 g/mol. The predicted molar refractivity (Wildman–Crippen MR) is 43.8 cm³/mol. The largest absolute Gasteiger partial charge is 0.318 e. The second-order valence-corrected chi connectivity index (χ2v) is 3.59. The number of fused-ring (bicyclic) bond motifs is 2. The molecule has 0 N–H and O–H groups in total. The van der Waals surface area contributed by atoms with E-state index in [2.05, 4.69) is 25.1 Å². The summed E-state index contributed by atoms with van der Waals surface area (Å²) < 4.78 is 4.84. The van der Waals surface area contributed by atoms with Crippen LogP contribution in [0.5, 0.6) is 0 Å². The van der Waals surface area contributed by atoms with Gasteiger partial charge >= 0.3 is 0 Å². The number of hydrogen-bond donors (Lipinski definition) is 1. The van der Waals surface area contributed by atoms with Crippen molar-refractivity contribution in [2.75, 3.05) is 6.61 Å². The number of thiol groups is 1.